The van der Waals surface area contributed by atoms with Crippen LogP contribution in [0.25, 0.3) is 0 Å². The van der Waals surface area contributed by atoms with Gasteiger partial charge in [-0.3, -0.25) is 4.79 Å². The minimum absolute atomic E-state index is 0.136. The Morgan fingerprint density at radius 3 is 1.56 bits per heavy atom. The topological polar surface area (TPSA) is 17.1 Å². The second kappa shape index (κ2) is 4.90. The quantitative estimate of drug-likeness (QED) is 0.585. The van der Waals surface area contributed by atoms with Gasteiger partial charge in [0.2, 0.25) is 0 Å². The molecule has 0 heterocycles. The zero-order valence-corrected chi connectivity index (χ0v) is 15.2. The van der Waals surface area contributed by atoms with E-state index in [9.17, 15) is 4.79 Å². The van der Waals surface area contributed by atoms with Gasteiger partial charge in [-0.05, 0) is 10.8 Å². The van der Waals surface area contributed by atoms with Crippen molar-refractivity contribution in [3.8, 4) is 0 Å². The molecule has 0 radical (unpaired) electrons. The summed E-state index contributed by atoms with van der Waals surface area (Å²) >= 11 is 7.26. The number of halogens is 2. The van der Waals surface area contributed by atoms with Crippen LogP contribution in [0.3, 0.4) is 0 Å². The third-order valence-corrected chi connectivity index (χ3v) is 5.50. The van der Waals surface area contributed by atoms with Crippen LogP contribution < -0.4 is 0 Å². The molecule has 1 nitrogen and oxygen atoms in total. The van der Waals surface area contributed by atoms with Crippen molar-refractivity contribution in [3.05, 3.63) is 23.3 Å². The molecule has 0 unspecified atom stereocenters. The molecule has 1 aliphatic carbocycles. The summed E-state index contributed by atoms with van der Waals surface area (Å²) in [5.74, 6) is 0.186. The van der Waals surface area contributed by atoms with Crippen LogP contribution in [0.4, 0.5) is 0 Å². The molecule has 1 aliphatic rings. The summed E-state index contributed by atoms with van der Waals surface area (Å²) in [6, 6.07) is 0. The lowest BCUT2D eigenvalue weighted by Crippen LogP contribution is -2.34. The number of hydrogen-bond acceptors (Lipinski definition) is 1. The van der Waals surface area contributed by atoms with Crippen molar-refractivity contribution in [1.82, 2.24) is 0 Å². The van der Waals surface area contributed by atoms with Gasteiger partial charge in [-0.1, -0.05) is 85.6 Å². The minimum Gasteiger partial charge on any atom is -0.289 e. The zero-order chi connectivity index (χ0) is 14.4. The molecule has 0 aromatic rings. The Bertz CT molecular complexity index is 383. The van der Waals surface area contributed by atoms with E-state index in [1.54, 1.807) is 0 Å². The van der Waals surface area contributed by atoms with E-state index >= 15 is 0 Å². The molecule has 3 heteroatoms. The van der Waals surface area contributed by atoms with Crippen molar-refractivity contribution in [2.45, 2.75) is 45.9 Å². The lowest BCUT2D eigenvalue weighted by Gasteiger charge is -2.35. The number of rotatable bonds is 1. The summed E-state index contributed by atoms with van der Waals surface area (Å²) in [5, 5.41) is 0.756. The molecule has 1 rings (SSSR count). The SMILES string of the molecule is CC(C)(C)C1=CC(Br)(CBr)C=C(C(C)(C)C)C1=O. The van der Waals surface area contributed by atoms with Crippen molar-refractivity contribution in [2.24, 2.45) is 10.8 Å². The van der Waals surface area contributed by atoms with Crippen LogP contribution >= 0.6 is 31.9 Å². The molecule has 0 spiro atoms. The second-order valence-corrected chi connectivity index (χ2v) is 9.04. The summed E-state index contributed by atoms with van der Waals surface area (Å²) < 4.78 is -0.258. The number of allylic oxidation sites excluding steroid dienone is 4. The van der Waals surface area contributed by atoms with Crippen molar-refractivity contribution < 1.29 is 4.79 Å². The third kappa shape index (κ3) is 3.36. The molecular formula is C15H22Br2O. The number of Topliss-reactive ketones (excluding diaryl/α,β-unsaturated/α-hetero) is 1. The van der Waals surface area contributed by atoms with Gasteiger partial charge in [-0.15, -0.1) is 0 Å². The van der Waals surface area contributed by atoms with E-state index in [-0.39, 0.29) is 20.9 Å². The van der Waals surface area contributed by atoms with Gasteiger partial charge in [0.25, 0.3) is 0 Å². The van der Waals surface area contributed by atoms with Gasteiger partial charge in [0.15, 0.2) is 5.78 Å². The number of hydrogen-bond donors (Lipinski definition) is 0. The van der Waals surface area contributed by atoms with E-state index in [1.165, 1.54) is 0 Å². The van der Waals surface area contributed by atoms with E-state index in [2.05, 4.69) is 85.6 Å². The Labute approximate surface area is 127 Å². The highest BCUT2D eigenvalue weighted by Crippen LogP contribution is 2.43. The van der Waals surface area contributed by atoms with Crippen molar-refractivity contribution in [1.29, 1.82) is 0 Å². The van der Waals surface area contributed by atoms with E-state index in [1.807, 2.05) is 0 Å². The second-order valence-electron chi connectivity index (χ2n) is 7.01. The lowest BCUT2D eigenvalue weighted by molar-refractivity contribution is -0.114. The number of alkyl halides is 2. The Morgan fingerprint density at radius 2 is 1.33 bits per heavy atom. The van der Waals surface area contributed by atoms with E-state index < -0.39 is 0 Å². The average molecular weight is 378 g/mol. The Balaban J connectivity index is 3.40. The lowest BCUT2D eigenvalue weighted by atomic mass is 9.71. The van der Waals surface area contributed by atoms with Crippen molar-refractivity contribution in [2.75, 3.05) is 5.33 Å². The first-order chi connectivity index (χ1) is 7.91. The molecule has 18 heavy (non-hydrogen) atoms. The molecule has 0 aromatic carbocycles. The predicted molar refractivity (Wildman–Crippen MR) is 85.5 cm³/mol. The molecule has 0 fully saturated rings. The van der Waals surface area contributed by atoms with Gasteiger partial charge >= 0.3 is 0 Å². The highest BCUT2D eigenvalue weighted by molar-refractivity contribution is 9.12. The Hall–Kier alpha value is 0.110. The van der Waals surface area contributed by atoms with Gasteiger partial charge < -0.3 is 0 Å². The van der Waals surface area contributed by atoms with Gasteiger partial charge in [-0.2, -0.15) is 0 Å². The van der Waals surface area contributed by atoms with Crippen LogP contribution in [0, 0.1) is 10.8 Å². The maximum Gasteiger partial charge on any atom is 0.185 e. The molecular weight excluding hydrogens is 356 g/mol. The first-order valence-electron chi connectivity index (χ1n) is 6.17. The van der Waals surface area contributed by atoms with Gasteiger partial charge in [0.1, 0.15) is 0 Å². The van der Waals surface area contributed by atoms with Gasteiger partial charge in [0, 0.05) is 16.5 Å². The summed E-state index contributed by atoms with van der Waals surface area (Å²) in [6.07, 6.45) is 4.11. The highest BCUT2D eigenvalue weighted by atomic mass is 79.9. The predicted octanol–water partition coefficient (Wildman–Crippen LogP) is 5.04. The minimum atomic E-state index is -0.258. The van der Waals surface area contributed by atoms with Gasteiger partial charge in [0.05, 0.1) is 4.32 Å². The smallest absolute Gasteiger partial charge is 0.185 e. The molecule has 0 aromatic heterocycles. The van der Waals surface area contributed by atoms with Crippen LogP contribution in [0.15, 0.2) is 23.3 Å². The fourth-order valence-corrected chi connectivity index (χ4v) is 2.77. The Kier molecular flexibility index (Phi) is 4.40. The summed E-state index contributed by atoms with van der Waals surface area (Å²) in [7, 11) is 0. The molecule has 0 bridgehead atoms. The Morgan fingerprint density at radius 1 is 1.00 bits per heavy atom. The standard InChI is InChI=1S/C15H22Br2O/c1-13(2,3)10-7-15(17,9-16)8-11(12(10)18)14(4,5)6/h7-8H,9H2,1-6H3. The summed E-state index contributed by atoms with van der Waals surface area (Å²) in [4.78, 5) is 12.6. The number of carbonyl (C=O) groups excluding carboxylic acids is 1. The monoisotopic (exact) mass is 376 g/mol. The van der Waals surface area contributed by atoms with Crippen molar-refractivity contribution in [3.63, 3.8) is 0 Å². The maximum atomic E-state index is 12.6. The van der Waals surface area contributed by atoms with Crippen molar-refractivity contribution >= 4 is 37.6 Å². The molecule has 102 valence electrons. The summed E-state index contributed by atoms with van der Waals surface area (Å²) in [6.45, 7) is 12.5. The first-order valence-corrected chi connectivity index (χ1v) is 8.08. The third-order valence-electron chi connectivity index (χ3n) is 3.08. The molecule has 0 amide bonds. The fraction of sp³-hybridized carbons (Fsp3) is 0.667. The van der Waals surface area contributed by atoms with Crippen LogP contribution in [0.1, 0.15) is 41.5 Å². The average Bonchev–Trinajstić information content (AvgIpc) is 2.18. The largest absolute Gasteiger partial charge is 0.289 e. The number of ketones is 1. The van der Waals surface area contributed by atoms with E-state index in [0.717, 1.165) is 16.5 Å². The maximum absolute atomic E-state index is 12.6. The van der Waals surface area contributed by atoms with Crippen LogP contribution in [-0.2, 0) is 4.79 Å². The zero-order valence-electron chi connectivity index (χ0n) is 12.0. The summed E-state index contributed by atoms with van der Waals surface area (Å²) in [5.41, 5.74) is 1.52. The van der Waals surface area contributed by atoms with Crippen LogP contribution in [0.2, 0.25) is 0 Å². The molecule has 0 N–H and O–H groups in total. The fourth-order valence-electron chi connectivity index (χ4n) is 1.99. The van der Waals surface area contributed by atoms with Crippen LogP contribution in [0.5, 0.6) is 0 Å². The van der Waals surface area contributed by atoms with Gasteiger partial charge in [-0.25, -0.2) is 0 Å². The highest BCUT2D eigenvalue weighted by Gasteiger charge is 2.39. The number of carbonyl (C=O) groups is 1. The first kappa shape index (κ1) is 16.2. The van der Waals surface area contributed by atoms with Crippen LogP contribution in [-0.4, -0.2) is 15.4 Å². The van der Waals surface area contributed by atoms with E-state index in [4.69, 9.17) is 0 Å². The normalized spacial score (nSPS) is 20.6. The molecule has 0 aliphatic heterocycles. The molecule has 0 saturated heterocycles. The van der Waals surface area contributed by atoms with E-state index in [0.29, 0.717) is 0 Å². The molecule has 0 atom stereocenters. The molecule has 0 saturated carbocycles.